The van der Waals surface area contributed by atoms with E-state index in [1.807, 2.05) is 23.9 Å². The zero-order chi connectivity index (χ0) is 23.1. The Morgan fingerprint density at radius 2 is 1.67 bits per heavy atom. The number of rotatable bonds is 1. The van der Waals surface area contributed by atoms with Gasteiger partial charge in [-0.25, -0.2) is 8.96 Å². The molecule has 0 amide bonds. The Morgan fingerprint density at radius 1 is 0.909 bits per heavy atom. The maximum atomic E-state index is 15.0. The van der Waals surface area contributed by atoms with Gasteiger partial charge in [-0.2, -0.15) is 0 Å². The highest BCUT2D eigenvalue weighted by atomic mass is 32.2. The van der Waals surface area contributed by atoms with Crippen LogP contribution >= 0.6 is 11.8 Å². The van der Waals surface area contributed by atoms with Crippen LogP contribution in [-0.4, -0.2) is 0 Å². The molecule has 1 nitrogen and oxygen atoms in total. The third-order valence-electron chi connectivity index (χ3n) is 6.86. The molecule has 0 radical (unpaired) electrons. The predicted molar refractivity (Wildman–Crippen MR) is 138 cm³/mol. The van der Waals surface area contributed by atoms with Crippen LogP contribution in [0.3, 0.4) is 0 Å². The summed E-state index contributed by atoms with van der Waals surface area (Å²) in [5, 5.41) is 6.50. The lowest BCUT2D eigenvalue weighted by atomic mass is 9.83. The molecule has 1 aromatic heterocycles. The lowest BCUT2D eigenvalue weighted by molar-refractivity contribution is -0.659. The first-order valence-corrected chi connectivity index (χ1v) is 12.3. The summed E-state index contributed by atoms with van der Waals surface area (Å²) in [6.07, 6.45) is 3.09. The summed E-state index contributed by atoms with van der Waals surface area (Å²) in [6, 6.07) is 18.5. The van der Waals surface area contributed by atoms with E-state index < -0.39 is 0 Å². The molecule has 33 heavy (non-hydrogen) atoms. The molecule has 6 rings (SSSR count). The summed E-state index contributed by atoms with van der Waals surface area (Å²) in [6.45, 7) is 9.18. The number of nitrogens with zero attached hydrogens (tertiary/aromatic N) is 1. The van der Waals surface area contributed by atoms with Crippen LogP contribution in [0.25, 0.3) is 43.6 Å². The first kappa shape index (κ1) is 20.7. The first-order valence-electron chi connectivity index (χ1n) is 11.5. The molecule has 0 unspecified atom stereocenters. The fourth-order valence-corrected chi connectivity index (χ4v) is 6.88. The Balaban J connectivity index is 1.83. The maximum Gasteiger partial charge on any atom is 0.222 e. The van der Waals surface area contributed by atoms with Crippen molar-refractivity contribution in [2.75, 3.05) is 0 Å². The van der Waals surface area contributed by atoms with Crippen molar-refractivity contribution in [2.24, 2.45) is 12.5 Å². The lowest BCUT2D eigenvalue weighted by Gasteiger charge is -2.28. The number of aryl methyl sites for hydroxylation is 2. The van der Waals surface area contributed by atoms with Crippen molar-refractivity contribution < 1.29 is 8.96 Å². The Bertz CT molecular complexity index is 1630. The topological polar surface area (TPSA) is 3.88 Å². The molecular formula is C30H27FNS+. The summed E-state index contributed by atoms with van der Waals surface area (Å²) in [4.78, 5) is 2.57. The van der Waals surface area contributed by atoms with Crippen LogP contribution in [0.1, 0.15) is 31.9 Å². The molecule has 0 fully saturated rings. The fraction of sp³-hybridized carbons (Fsp3) is 0.233. The van der Waals surface area contributed by atoms with Crippen LogP contribution < -0.4 is 4.57 Å². The van der Waals surface area contributed by atoms with Crippen LogP contribution in [0.4, 0.5) is 4.39 Å². The molecule has 3 heteroatoms. The minimum Gasteiger partial charge on any atom is -0.206 e. The first-order chi connectivity index (χ1) is 15.7. The van der Waals surface area contributed by atoms with Gasteiger partial charge in [-0.3, -0.25) is 0 Å². The summed E-state index contributed by atoms with van der Waals surface area (Å²) >= 11 is 1.86. The molecule has 0 atom stereocenters. The lowest BCUT2D eigenvalue weighted by Crippen LogP contribution is -2.32. The average molecular weight is 453 g/mol. The maximum absolute atomic E-state index is 15.0. The second-order valence-corrected chi connectivity index (χ2v) is 11.5. The normalized spacial score (nSPS) is 13.2. The van der Waals surface area contributed by atoms with Gasteiger partial charge in [0.05, 0.1) is 10.9 Å². The van der Waals surface area contributed by atoms with E-state index in [1.54, 1.807) is 6.07 Å². The van der Waals surface area contributed by atoms with Crippen LogP contribution in [0, 0.1) is 18.2 Å². The molecule has 4 aromatic carbocycles. The van der Waals surface area contributed by atoms with Crippen LogP contribution in [-0.2, 0) is 13.5 Å². The largest absolute Gasteiger partial charge is 0.222 e. The van der Waals surface area contributed by atoms with Gasteiger partial charge in [0.2, 0.25) is 5.69 Å². The van der Waals surface area contributed by atoms with Gasteiger partial charge >= 0.3 is 0 Å². The molecule has 0 saturated heterocycles. The number of aromatic nitrogens is 1. The highest BCUT2D eigenvalue weighted by Gasteiger charge is 2.33. The van der Waals surface area contributed by atoms with Gasteiger partial charge < -0.3 is 0 Å². The van der Waals surface area contributed by atoms with Crippen molar-refractivity contribution >= 4 is 44.1 Å². The minimum atomic E-state index is -0.154. The molecule has 1 aliphatic heterocycles. The summed E-state index contributed by atoms with van der Waals surface area (Å²) < 4.78 is 17.2. The highest BCUT2D eigenvalue weighted by molar-refractivity contribution is 8.00. The Labute approximate surface area is 198 Å². The van der Waals surface area contributed by atoms with Crippen LogP contribution in [0.5, 0.6) is 0 Å². The fourth-order valence-electron chi connectivity index (χ4n) is 5.51. The predicted octanol–water partition coefficient (Wildman–Crippen LogP) is 8.14. The van der Waals surface area contributed by atoms with E-state index in [-0.39, 0.29) is 11.2 Å². The zero-order valence-corrected chi connectivity index (χ0v) is 20.5. The molecule has 0 saturated carbocycles. The number of halogens is 1. The number of hydrogen-bond donors (Lipinski definition) is 0. The van der Waals surface area contributed by atoms with Gasteiger partial charge in [0.15, 0.2) is 6.20 Å². The summed E-state index contributed by atoms with van der Waals surface area (Å²) in [5.74, 6) is -0.154. The van der Waals surface area contributed by atoms with E-state index in [4.69, 9.17) is 0 Å². The van der Waals surface area contributed by atoms with E-state index >= 15 is 4.39 Å². The molecule has 0 bridgehead atoms. The minimum absolute atomic E-state index is 0.154. The standard InChI is InChI=1S/C30H27FNS/c1-17-19-10-6-7-11-20(19)22(16-30(2,3)4)29-25(17)28-27-21(13-14-32(28)5)26-18(15-24(27)33-29)9-8-12-23(26)31/h6-15H,16H2,1-5H3/q+1. The summed E-state index contributed by atoms with van der Waals surface area (Å²) in [7, 11) is 2.11. The van der Waals surface area contributed by atoms with Gasteiger partial charge in [-0.15, -0.1) is 0 Å². The molecule has 0 spiro atoms. The van der Waals surface area contributed by atoms with Crippen molar-refractivity contribution in [1.82, 2.24) is 0 Å². The molecule has 164 valence electrons. The second-order valence-electron chi connectivity index (χ2n) is 10.5. The Kier molecular flexibility index (Phi) is 4.41. The van der Waals surface area contributed by atoms with Crippen molar-refractivity contribution in [3.8, 4) is 11.3 Å². The number of pyridine rings is 1. The van der Waals surface area contributed by atoms with E-state index in [2.05, 4.69) is 81.9 Å². The SMILES string of the molecule is Cc1c2c(c(CC(C)(C)C)c3ccccc13)Sc1cc3cccc(F)c3c3cc[n+](C)c-2c13. The van der Waals surface area contributed by atoms with Crippen molar-refractivity contribution in [3.63, 3.8) is 0 Å². The summed E-state index contributed by atoms with van der Waals surface area (Å²) in [5.41, 5.74) is 5.38. The van der Waals surface area contributed by atoms with Crippen molar-refractivity contribution in [1.29, 1.82) is 0 Å². The van der Waals surface area contributed by atoms with Gasteiger partial charge in [-0.1, -0.05) is 68.9 Å². The zero-order valence-electron chi connectivity index (χ0n) is 19.7. The van der Waals surface area contributed by atoms with Gasteiger partial charge in [0.1, 0.15) is 12.9 Å². The van der Waals surface area contributed by atoms with E-state index in [0.29, 0.717) is 0 Å². The quantitative estimate of drug-likeness (QED) is 0.180. The number of hydrogen-bond acceptors (Lipinski definition) is 1. The Morgan fingerprint density at radius 3 is 2.42 bits per heavy atom. The smallest absolute Gasteiger partial charge is 0.206 e. The molecule has 0 N–H and O–H groups in total. The van der Waals surface area contributed by atoms with Crippen LogP contribution in [0.2, 0.25) is 0 Å². The molecular weight excluding hydrogens is 425 g/mol. The third kappa shape index (κ3) is 3.02. The highest BCUT2D eigenvalue weighted by Crippen LogP contribution is 2.53. The van der Waals surface area contributed by atoms with Gasteiger partial charge in [0.25, 0.3) is 0 Å². The number of fused-ring (bicyclic) bond motifs is 5. The molecule has 5 aromatic rings. The van der Waals surface area contributed by atoms with Crippen molar-refractivity contribution in [3.05, 3.63) is 77.7 Å². The molecule has 2 heterocycles. The second kappa shape index (κ2) is 7.04. The molecule has 1 aliphatic rings. The van der Waals surface area contributed by atoms with Gasteiger partial charge in [-0.05, 0) is 58.2 Å². The van der Waals surface area contributed by atoms with E-state index in [0.717, 1.165) is 28.0 Å². The average Bonchev–Trinajstić information content (AvgIpc) is 2.77. The third-order valence-corrected chi connectivity index (χ3v) is 8.06. The molecule has 0 aliphatic carbocycles. The monoisotopic (exact) mass is 452 g/mol. The van der Waals surface area contributed by atoms with Crippen molar-refractivity contribution in [2.45, 2.75) is 43.9 Å². The Hall–Kier alpha value is -2.91. The van der Waals surface area contributed by atoms with E-state index in [9.17, 15) is 0 Å². The van der Waals surface area contributed by atoms with Crippen LogP contribution in [0.15, 0.2) is 70.6 Å². The van der Waals surface area contributed by atoms with Gasteiger partial charge in [0, 0.05) is 26.6 Å². The van der Waals surface area contributed by atoms with E-state index in [1.165, 1.54) is 42.9 Å². The number of benzene rings is 4.